The molecule has 0 saturated heterocycles. The Kier molecular flexibility index (Phi) is 5.06. The summed E-state index contributed by atoms with van der Waals surface area (Å²) < 4.78 is 0. The summed E-state index contributed by atoms with van der Waals surface area (Å²) in [6.07, 6.45) is -0.745. The molecule has 0 fully saturated rings. The zero-order valence-corrected chi connectivity index (χ0v) is 10.5. The van der Waals surface area contributed by atoms with Gasteiger partial charge in [0.05, 0.1) is 17.6 Å². The first-order chi connectivity index (χ1) is 8.51. The number of hydrogen-bond donors (Lipinski definition) is 2. The maximum Gasteiger partial charge on any atom is 0.292 e. The Balaban J connectivity index is 3.21. The summed E-state index contributed by atoms with van der Waals surface area (Å²) in [7, 11) is 0. The fourth-order valence-corrected chi connectivity index (χ4v) is 1.78. The number of benzene rings is 1. The van der Waals surface area contributed by atoms with Gasteiger partial charge < -0.3 is 15.1 Å². The van der Waals surface area contributed by atoms with Crippen LogP contribution in [-0.4, -0.2) is 34.8 Å². The summed E-state index contributed by atoms with van der Waals surface area (Å²) in [6.45, 7) is 4.26. The molecule has 0 aromatic heterocycles. The highest BCUT2D eigenvalue weighted by Gasteiger charge is 2.20. The van der Waals surface area contributed by atoms with E-state index in [4.69, 9.17) is 5.11 Å². The monoisotopic (exact) mass is 254 g/mol. The van der Waals surface area contributed by atoms with E-state index in [1.807, 2.05) is 6.92 Å². The van der Waals surface area contributed by atoms with Crippen LogP contribution in [0.15, 0.2) is 18.2 Å². The summed E-state index contributed by atoms with van der Waals surface area (Å²) in [4.78, 5) is 12.3. The van der Waals surface area contributed by atoms with Gasteiger partial charge >= 0.3 is 0 Å². The Labute approximate surface area is 106 Å². The third-order valence-corrected chi connectivity index (χ3v) is 2.77. The van der Waals surface area contributed by atoms with Gasteiger partial charge in [0.25, 0.3) is 5.69 Å². The quantitative estimate of drug-likeness (QED) is 0.593. The molecular weight excluding hydrogens is 236 g/mol. The number of nitro benzene ring substituents is 1. The van der Waals surface area contributed by atoms with E-state index >= 15 is 0 Å². The standard InChI is InChI=1S/C12H18N2O4/c1-3-13(6-7-15)11-5-4-10(9(2)16)8-12(11)14(17)18/h4-5,8-9,15-16H,3,6-7H2,1-2H3/t9-/m0/s1. The van der Waals surface area contributed by atoms with E-state index in [-0.39, 0.29) is 12.3 Å². The molecule has 0 aliphatic carbocycles. The molecule has 6 heteroatoms. The molecule has 0 spiro atoms. The lowest BCUT2D eigenvalue weighted by molar-refractivity contribution is -0.384. The van der Waals surface area contributed by atoms with Crippen LogP contribution in [-0.2, 0) is 0 Å². The molecule has 0 radical (unpaired) electrons. The van der Waals surface area contributed by atoms with Gasteiger partial charge in [-0.1, -0.05) is 6.07 Å². The highest BCUT2D eigenvalue weighted by Crippen LogP contribution is 2.30. The van der Waals surface area contributed by atoms with Gasteiger partial charge in [-0.3, -0.25) is 10.1 Å². The number of anilines is 1. The molecule has 0 bridgehead atoms. The summed E-state index contributed by atoms with van der Waals surface area (Å²) in [5.74, 6) is 0. The van der Waals surface area contributed by atoms with E-state index < -0.39 is 11.0 Å². The van der Waals surface area contributed by atoms with Gasteiger partial charge in [0.2, 0.25) is 0 Å². The van der Waals surface area contributed by atoms with Crippen LogP contribution in [0.25, 0.3) is 0 Å². The molecule has 1 aromatic carbocycles. The highest BCUT2D eigenvalue weighted by molar-refractivity contribution is 5.64. The van der Waals surface area contributed by atoms with Crippen molar-refractivity contribution in [2.24, 2.45) is 0 Å². The number of rotatable bonds is 6. The van der Waals surface area contributed by atoms with Gasteiger partial charge in [0.15, 0.2) is 0 Å². The van der Waals surface area contributed by atoms with Crippen LogP contribution in [0.5, 0.6) is 0 Å². The lowest BCUT2D eigenvalue weighted by Gasteiger charge is -2.22. The van der Waals surface area contributed by atoms with Gasteiger partial charge in [-0.15, -0.1) is 0 Å². The molecule has 1 atom stereocenters. The minimum Gasteiger partial charge on any atom is -0.395 e. The van der Waals surface area contributed by atoms with Crippen LogP contribution in [0.1, 0.15) is 25.5 Å². The van der Waals surface area contributed by atoms with Crippen LogP contribution >= 0.6 is 0 Å². The van der Waals surface area contributed by atoms with Crippen molar-refractivity contribution in [3.63, 3.8) is 0 Å². The van der Waals surface area contributed by atoms with Crippen molar-refractivity contribution in [1.82, 2.24) is 0 Å². The average molecular weight is 254 g/mol. The van der Waals surface area contributed by atoms with Crippen LogP contribution < -0.4 is 4.90 Å². The van der Waals surface area contributed by atoms with Crippen molar-refractivity contribution in [1.29, 1.82) is 0 Å². The van der Waals surface area contributed by atoms with Gasteiger partial charge in [-0.05, 0) is 25.5 Å². The summed E-state index contributed by atoms with van der Waals surface area (Å²) >= 11 is 0. The predicted octanol–water partition coefficient (Wildman–Crippen LogP) is 1.47. The first kappa shape index (κ1) is 14.4. The second kappa shape index (κ2) is 6.32. The summed E-state index contributed by atoms with van der Waals surface area (Å²) in [6, 6.07) is 4.65. The number of nitrogens with zero attached hydrogens (tertiary/aromatic N) is 2. The van der Waals surface area contributed by atoms with Crippen LogP contribution in [0, 0.1) is 10.1 Å². The normalized spacial score (nSPS) is 12.2. The Bertz CT molecular complexity index is 421. The Morgan fingerprint density at radius 1 is 1.50 bits per heavy atom. The molecule has 0 aliphatic rings. The molecule has 0 amide bonds. The molecule has 0 heterocycles. The third-order valence-electron chi connectivity index (χ3n) is 2.77. The van der Waals surface area contributed by atoms with Crippen molar-refractivity contribution < 1.29 is 15.1 Å². The molecule has 1 aromatic rings. The lowest BCUT2D eigenvalue weighted by atomic mass is 10.1. The molecule has 6 nitrogen and oxygen atoms in total. The Hall–Kier alpha value is -1.66. The van der Waals surface area contributed by atoms with Crippen molar-refractivity contribution in [2.45, 2.75) is 20.0 Å². The molecule has 1 rings (SSSR count). The van der Waals surface area contributed by atoms with E-state index in [1.54, 1.807) is 24.0 Å². The molecule has 0 unspecified atom stereocenters. The maximum atomic E-state index is 11.1. The van der Waals surface area contributed by atoms with Crippen LogP contribution in [0.2, 0.25) is 0 Å². The first-order valence-electron chi connectivity index (χ1n) is 5.83. The topological polar surface area (TPSA) is 86.8 Å². The van der Waals surface area contributed by atoms with E-state index in [0.29, 0.717) is 24.3 Å². The van der Waals surface area contributed by atoms with Crippen LogP contribution in [0.4, 0.5) is 11.4 Å². The van der Waals surface area contributed by atoms with Gasteiger partial charge in [0, 0.05) is 19.2 Å². The fraction of sp³-hybridized carbons (Fsp3) is 0.500. The largest absolute Gasteiger partial charge is 0.395 e. The number of nitro groups is 1. The molecular formula is C12H18N2O4. The van der Waals surface area contributed by atoms with Crippen molar-refractivity contribution in [3.05, 3.63) is 33.9 Å². The summed E-state index contributed by atoms with van der Waals surface area (Å²) in [5, 5.41) is 29.4. The summed E-state index contributed by atoms with van der Waals surface area (Å²) in [5.41, 5.74) is 0.912. The predicted molar refractivity (Wildman–Crippen MR) is 68.7 cm³/mol. The fourth-order valence-electron chi connectivity index (χ4n) is 1.78. The maximum absolute atomic E-state index is 11.1. The van der Waals surface area contributed by atoms with Crippen molar-refractivity contribution in [2.75, 3.05) is 24.6 Å². The van der Waals surface area contributed by atoms with E-state index in [9.17, 15) is 15.2 Å². The van der Waals surface area contributed by atoms with Gasteiger partial charge in [-0.25, -0.2) is 0 Å². The number of hydrogen-bond acceptors (Lipinski definition) is 5. The van der Waals surface area contributed by atoms with E-state index in [2.05, 4.69) is 0 Å². The lowest BCUT2D eigenvalue weighted by Crippen LogP contribution is -2.26. The molecule has 2 N–H and O–H groups in total. The van der Waals surface area contributed by atoms with Crippen LogP contribution in [0.3, 0.4) is 0 Å². The molecule has 100 valence electrons. The smallest absolute Gasteiger partial charge is 0.292 e. The van der Waals surface area contributed by atoms with Gasteiger partial charge in [0.1, 0.15) is 5.69 Å². The molecule has 0 aliphatic heterocycles. The molecule has 18 heavy (non-hydrogen) atoms. The number of likely N-dealkylation sites (N-methyl/N-ethyl adjacent to an activating group) is 1. The number of aliphatic hydroxyl groups excluding tert-OH is 2. The van der Waals surface area contributed by atoms with Crippen molar-refractivity contribution in [3.8, 4) is 0 Å². The SMILES string of the molecule is CCN(CCO)c1ccc([C@H](C)O)cc1[N+](=O)[O-]. The minimum absolute atomic E-state index is 0.0521. The second-order valence-electron chi connectivity index (χ2n) is 3.98. The Morgan fingerprint density at radius 2 is 2.17 bits per heavy atom. The molecule has 0 saturated carbocycles. The third kappa shape index (κ3) is 3.18. The first-order valence-corrected chi connectivity index (χ1v) is 5.83. The van der Waals surface area contributed by atoms with E-state index in [1.165, 1.54) is 6.07 Å². The van der Waals surface area contributed by atoms with Gasteiger partial charge in [-0.2, -0.15) is 0 Å². The van der Waals surface area contributed by atoms with Crippen molar-refractivity contribution >= 4 is 11.4 Å². The Morgan fingerprint density at radius 3 is 2.61 bits per heavy atom. The van der Waals surface area contributed by atoms with E-state index in [0.717, 1.165) is 0 Å². The zero-order valence-electron chi connectivity index (χ0n) is 10.5. The number of aliphatic hydroxyl groups is 2. The average Bonchev–Trinajstić information content (AvgIpc) is 2.35. The highest BCUT2D eigenvalue weighted by atomic mass is 16.6. The second-order valence-corrected chi connectivity index (χ2v) is 3.98. The minimum atomic E-state index is -0.745. The zero-order chi connectivity index (χ0) is 13.7.